The number of carbonyl (C=O) groups is 1. The van der Waals surface area contributed by atoms with E-state index in [4.69, 9.17) is 9.72 Å². The second-order valence-electron chi connectivity index (χ2n) is 8.93. The number of rotatable bonds is 6. The Labute approximate surface area is 195 Å². The minimum Gasteiger partial charge on any atom is -0.437 e. The van der Waals surface area contributed by atoms with Crippen molar-refractivity contribution < 1.29 is 9.53 Å². The van der Waals surface area contributed by atoms with Gasteiger partial charge in [0.15, 0.2) is 0 Å². The van der Waals surface area contributed by atoms with E-state index in [1.165, 1.54) is 12.8 Å². The second kappa shape index (κ2) is 10.1. The number of para-hydroxylation sites is 1. The summed E-state index contributed by atoms with van der Waals surface area (Å²) in [6.07, 6.45) is 7.88. The highest BCUT2D eigenvalue weighted by Gasteiger charge is 2.28. The predicted octanol–water partition coefficient (Wildman–Crippen LogP) is 4.88. The van der Waals surface area contributed by atoms with Crippen molar-refractivity contribution in [2.45, 2.75) is 38.1 Å². The standard InChI is InChI=1S/C27H30N4O2/c32-27(24-13-5-4-9-21(24)19-30-14-6-7-15-30)31-16-8-10-22(20-31)25-17-28-18-26(29-25)33-23-11-2-1-3-12-23/h1-5,9,11-13,17-18,22H,6-8,10,14-16,19-20H2/t22-/m0/s1. The molecular weight excluding hydrogens is 412 g/mol. The Balaban J connectivity index is 1.29. The van der Waals surface area contributed by atoms with Crippen LogP contribution in [0.4, 0.5) is 0 Å². The number of nitrogens with zero attached hydrogens (tertiary/aromatic N) is 4. The molecule has 2 aromatic carbocycles. The molecule has 3 aromatic rings. The lowest BCUT2D eigenvalue weighted by Gasteiger charge is -2.33. The number of aromatic nitrogens is 2. The van der Waals surface area contributed by atoms with E-state index in [1.54, 1.807) is 12.4 Å². The summed E-state index contributed by atoms with van der Waals surface area (Å²) >= 11 is 0. The number of hydrogen-bond acceptors (Lipinski definition) is 5. The highest BCUT2D eigenvalue weighted by molar-refractivity contribution is 5.95. The first-order chi connectivity index (χ1) is 16.3. The molecule has 0 bridgehead atoms. The molecule has 1 aromatic heterocycles. The van der Waals surface area contributed by atoms with Gasteiger partial charge in [0.2, 0.25) is 5.88 Å². The van der Waals surface area contributed by atoms with Crippen LogP contribution in [0.15, 0.2) is 67.0 Å². The van der Waals surface area contributed by atoms with Gasteiger partial charge in [-0.2, -0.15) is 0 Å². The summed E-state index contributed by atoms with van der Waals surface area (Å²) in [6, 6.07) is 17.7. The molecule has 0 saturated carbocycles. The zero-order valence-corrected chi connectivity index (χ0v) is 18.9. The first-order valence-electron chi connectivity index (χ1n) is 11.9. The minimum absolute atomic E-state index is 0.124. The summed E-state index contributed by atoms with van der Waals surface area (Å²) in [7, 11) is 0. The molecule has 0 N–H and O–H groups in total. The number of hydrogen-bond donors (Lipinski definition) is 0. The average molecular weight is 443 g/mol. The van der Waals surface area contributed by atoms with E-state index >= 15 is 0 Å². The number of carbonyl (C=O) groups excluding carboxylic acids is 1. The van der Waals surface area contributed by atoms with Crippen LogP contribution in [0.2, 0.25) is 0 Å². The Bertz CT molecular complexity index is 1080. The van der Waals surface area contributed by atoms with E-state index in [2.05, 4.69) is 16.0 Å². The third-order valence-corrected chi connectivity index (χ3v) is 6.56. The molecule has 1 atom stereocenters. The zero-order chi connectivity index (χ0) is 22.5. The van der Waals surface area contributed by atoms with Gasteiger partial charge in [-0.1, -0.05) is 36.4 Å². The fourth-order valence-electron chi connectivity index (χ4n) is 4.84. The Hall–Kier alpha value is -3.25. The number of amides is 1. The predicted molar refractivity (Wildman–Crippen MR) is 127 cm³/mol. The van der Waals surface area contributed by atoms with Crippen LogP contribution in [-0.4, -0.2) is 51.9 Å². The molecule has 1 amide bonds. The maximum Gasteiger partial charge on any atom is 0.254 e. The summed E-state index contributed by atoms with van der Waals surface area (Å²) < 4.78 is 5.87. The number of likely N-dealkylation sites (tertiary alicyclic amines) is 2. The van der Waals surface area contributed by atoms with Crippen LogP contribution in [0.1, 0.15) is 53.2 Å². The molecule has 0 radical (unpaired) electrons. The van der Waals surface area contributed by atoms with E-state index in [-0.39, 0.29) is 11.8 Å². The summed E-state index contributed by atoms with van der Waals surface area (Å²) in [5.74, 6) is 1.50. The maximum atomic E-state index is 13.5. The third kappa shape index (κ3) is 5.22. The van der Waals surface area contributed by atoms with Gasteiger partial charge in [-0.15, -0.1) is 0 Å². The second-order valence-corrected chi connectivity index (χ2v) is 8.93. The topological polar surface area (TPSA) is 58.6 Å². The van der Waals surface area contributed by atoms with Gasteiger partial charge in [0.05, 0.1) is 11.9 Å². The summed E-state index contributed by atoms with van der Waals surface area (Å²) in [6.45, 7) is 4.52. The molecule has 5 rings (SSSR count). The van der Waals surface area contributed by atoms with Crippen molar-refractivity contribution in [1.29, 1.82) is 0 Å². The molecule has 0 spiro atoms. The summed E-state index contributed by atoms with van der Waals surface area (Å²) in [5, 5.41) is 0. The van der Waals surface area contributed by atoms with Crippen LogP contribution in [0.5, 0.6) is 11.6 Å². The Morgan fingerprint density at radius 1 is 0.939 bits per heavy atom. The van der Waals surface area contributed by atoms with Gasteiger partial charge in [0.1, 0.15) is 5.75 Å². The van der Waals surface area contributed by atoms with Crippen LogP contribution in [0.25, 0.3) is 0 Å². The highest BCUT2D eigenvalue weighted by Crippen LogP contribution is 2.29. The van der Waals surface area contributed by atoms with E-state index in [0.29, 0.717) is 12.4 Å². The van der Waals surface area contributed by atoms with E-state index < -0.39 is 0 Å². The SMILES string of the molecule is O=C(c1ccccc1CN1CCCC1)N1CCC[C@H](c2cncc(Oc3ccccc3)n2)C1. The Kier molecular flexibility index (Phi) is 6.63. The van der Waals surface area contributed by atoms with Crippen molar-refractivity contribution in [2.75, 3.05) is 26.2 Å². The fourth-order valence-corrected chi connectivity index (χ4v) is 4.84. The number of benzene rings is 2. The highest BCUT2D eigenvalue weighted by atomic mass is 16.5. The lowest BCUT2D eigenvalue weighted by atomic mass is 9.94. The third-order valence-electron chi connectivity index (χ3n) is 6.56. The van der Waals surface area contributed by atoms with Crippen molar-refractivity contribution in [3.8, 4) is 11.6 Å². The van der Waals surface area contributed by atoms with Crippen molar-refractivity contribution >= 4 is 5.91 Å². The van der Waals surface area contributed by atoms with E-state index in [0.717, 1.165) is 61.6 Å². The Morgan fingerprint density at radius 3 is 2.58 bits per heavy atom. The number of ether oxygens (including phenoxy) is 1. The molecule has 2 aliphatic heterocycles. The molecule has 3 heterocycles. The summed E-state index contributed by atoms with van der Waals surface area (Å²) in [5.41, 5.74) is 2.84. The molecule has 0 aliphatic carbocycles. The lowest BCUT2D eigenvalue weighted by molar-refractivity contribution is 0.0703. The normalized spacial score (nSPS) is 18.9. The zero-order valence-electron chi connectivity index (χ0n) is 18.9. The van der Waals surface area contributed by atoms with E-state index in [9.17, 15) is 4.79 Å². The molecule has 33 heavy (non-hydrogen) atoms. The van der Waals surface area contributed by atoms with Crippen molar-refractivity contribution in [1.82, 2.24) is 19.8 Å². The van der Waals surface area contributed by atoms with Crippen LogP contribution in [-0.2, 0) is 6.54 Å². The van der Waals surface area contributed by atoms with Crippen LogP contribution < -0.4 is 4.74 Å². The molecule has 0 unspecified atom stereocenters. The first kappa shape index (κ1) is 21.6. The van der Waals surface area contributed by atoms with Gasteiger partial charge in [0, 0.05) is 37.3 Å². The molecule has 6 nitrogen and oxygen atoms in total. The lowest BCUT2D eigenvalue weighted by Crippen LogP contribution is -2.40. The van der Waals surface area contributed by atoms with Crippen LogP contribution in [0.3, 0.4) is 0 Å². The van der Waals surface area contributed by atoms with Crippen LogP contribution in [0, 0.1) is 0 Å². The summed E-state index contributed by atoms with van der Waals surface area (Å²) in [4.78, 5) is 27.0. The van der Waals surface area contributed by atoms with Gasteiger partial charge in [-0.3, -0.25) is 14.7 Å². The van der Waals surface area contributed by atoms with Gasteiger partial charge in [-0.25, -0.2) is 4.98 Å². The van der Waals surface area contributed by atoms with Crippen molar-refractivity contribution in [3.63, 3.8) is 0 Å². The quantitative estimate of drug-likeness (QED) is 0.544. The van der Waals surface area contributed by atoms with E-state index in [1.807, 2.05) is 53.4 Å². The molecule has 2 fully saturated rings. The van der Waals surface area contributed by atoms with Gasteiger partial charge >= 0.3 is 0 Å². The molecule has 2 aliphatic rings. The maximum absolute atomic E-state index is 13.5. The smallest absolute Gasteiger partial charge is 0.254 e. The fraction of sp³-hybridized carbons (Fsp3) is 0.370. The molecule has 2 saturated heterocycles. The average Bonchev–Trinajstić information content (AvgIpc) is 3.38. The molecule has 6 heteroatoms. The van der Waals surface area contributed by atoms with Crippen molar-refractivity contribution in [3.05, 3.63) is 83.8 Å². The van der Waals surface area contributed by atoms with Gasteiger partial charge < -0.3 is 9.64 Å². The van der Waals surface area contributed by atoms with Crippen molar-refractivity contribution in [2.24, 2.45) is 0 Å². The molecule has 170 valence electrons. The van der Waals surface area contributed by atoms with Gasteiger partial charge in [-0.05, 0) is 62.5 Å². The van der Waals surface area contributed by atoms with Gasteiger partial charge in [0.25, 0.3) is 5.91 Å². The monoisotopic (exact) mass is 442 g/mol. The minimum atomic E-state index is 0.124. The molecular formula is C27H30N4O2. The number of piperidine rings is 1. The van der Waals surface area contributed by atoms with Crippen LogP contribution >= 0.6 is 0 Å². The largest absolute Gasteiger partial charge is 0.437 e. The Morgan fingerprint density at radius 2 is 1.73 bits per heavy atom. The first-order valence-corrected chi connectivity index (χ1v) is 11.9.